The molecule has 0 aliphatic carbocycles. The molecule has 1 amide bonds. The molecule has 0 saturated carbocycles. The first-order chi connectivity index (χ1) is 12.0. The topological polar surface area (TPSA) is 109 Å². The molecule has 1 saturated heterocycles. The van der Waals surface area contributed by atoms with Gasteiger partial charge in [0.05, 0.1) is 18.7 Å². The fourth-order valence-electron chi connectivity index (χ4n) is 2.64. The van der Waals surface area contributed by atoms with E-state index in [0.29, 0.717) is 43.1 Å². The number of carboxylic acid groups (broad SMARTS) is 1. The molecule has 0 aromatic heterocycles. The highest BCUT2D eigenvalue weighted by Crippen LogP contribution is 2.28. The van der Waals surface area contributed by atoms with E-state index in [4.69, 9.17) is 24.6 Å². The van der Waals surface area contributed by atoms with Crippen molar-refractivity contribution < 1.29 is 28.9 Å². The number of nitriles is 1. The lowest BCUT2D eigenvalue weighted by molar-refractivity contribution is -0.148. The number of hydrogen-bond acceptors (Lipinski definition) is 6. The Balaban J connectivity index is 2.05. The number of ether oxygens (including phenoxy) is 3. The summed E-state index contributed by atoms with van der Waals surface area (Å²) in [5.41, 5.74) is 0.408. The van der Waals surface area contributed by atoms with E-state index in [1.54, 1.807) is 12.1 Å². The molecule has 2 rings (SSSR count). The van der Waals surface area contributed by atoms with Crippen LogP contribution >= 0.6 is 0 Å². The number of carbonyl (C=O) groups excluding carboxylic acids is 1. The second-order valence-electron chi connectivity index (χ2n) is 5.53. The maximum atomic E-state index is 12.5. The van der Waals surface area contributed by atoms with Gasteiger partial charge in [-0.2, -0.15) is 5.26 Å². The van der Waals surface area contributed by atoms with E-state index < -0.39 is 11.9 Å². The highest BCUT2D eigenvalue weighted by Gasteiger charge is 2.28. The lowest BCUT2D eigenvalue weighted by atomic mass is 10.1. The highest BCUT2D eigenvalue weighted by molar-refractivity contribution is 5.82. The van der Waals surface area contributed by atoms with Crippen molar-refractivity contribution >= 4 is 11.9 Å². The number of carboxylic acids is 1. The number of rotatable bonds is 7. The molecule has 0 atom stereocenters. The fraction of sp³-hybridized carbons (Fsp3) is 0.471. The van der Waals surface area contributed by atoms with Crippen LogP contribution in [0.1, 0.15) is 18.4 Å². The molecule has 1 aliphatic heterocycles. The van der Waals surface area contributed by atoms with Crippen LogP contribution in [0.4, 0.5) is 0 Å². The maximum absolute atomic E-state index is 12.5. The number of nitrogens with zero attached hydrogens (tertiary/aromatic N) is 2. The Kier molecular flexibility index (Phi) is 6.60. The Labute approximate surface area is 145 Å². The Morgan fingerprint density at radius 3 is 2.68 bits per heavy atom. The molecule has 0 unspecified atom stereocenters. The van der Waals surface area contributed by atoms with Crippen molar-refractivity contribution in [1.82, 2.24) is 4.90 Å². The fourth-order valence-corrected chi connectivity index (χ4v) is 2.64. The minimum atomic E-state index is -1.07. The van der Waals surface area contributed by atoms with Gasteiger partial charge in [-0.3, -0.25) is 9.59 Å². The number of amides is 1. The Bertz CT molecular complexity index is 664. The molecule has 0 radical (unpaired) electrons. The average Bonchev–Trinajstić information content (AvgIpc) is 2.64. The van der Waals surface area contributed by atoms with Gasteiger partial charge in [-0.25, -0.2) is 0 Å². The van der Waals surface area contributed by atoms with Crippen molar-refractivity contribution in [1.29, 1.82) is 5.26 Å². The van der Waals surface area contributed by atoms with Crippen LogP contribution in [0, 0.1) is 11.3 Å². The van der Waals surface area contributed by atoms with E-state index in [0.717, 1.165) is 0 Å². The van der Waals surface area contributed by atoms with Crippen LogP contribution in [0.2, 0.25) is 0 Å². The van der Waals surface area contributed by atoms with Gasteiger partial charge in [0.25, 0.3) is 5.91 Å². The smallest absolute Gasteiger partial charge is 0.323 e. The van der Waals surface area contributed by atoms with Crippen molar-refractivity contribution in [3.63, 3.8) is 0 Å². The normalized spacial score (nSPS) is 14.4. The molecule has 1 aromatic rings. The summed E-state index contributed by atoms with van der Waals surface area (Å²) in [4.78, 5) is 24.9. The van der Waals surface area contributed by atoms with Crippen LogP contribution < -0.4 is 9.47 Å². The summed E-state index contributed by atoms with van der Waals surface area (Å²) in [5.74, 6) is -0.837. The summed E-state index contributed by atoms with van der Waals surface area (Å²) in [7, 11) is 1.43. The standard InChI is InChI=1S/C17H20N2O6/c1-23-15-8-12(9-18)2-3-14(15)25-11-16(20)19(10-17(21)22)13-4-6-24-7-5-13/h2-3,8,13H,4-7,10-11H2,1H3,(H,21,22). The van der Waals surface area contributed by atoms with Crippen LogP contribution in [0.15, 0.2) is 18.2 Å². The average molecular weight is 348 g/mol. The Morgan fingerprint density at radius 1 is 1.36 bits per heavy atom. The first kappa shape index (κ1) is 18.5. The maximum Gasteiger partial charge on any atom is 0.323 e. The second-order valence-corrected chi connectivity index (χ2v) is 5.53. The van der Waals surface area contributed by atoms with E-state index in [1.165, 1.54) is 18.1 Å². The third-order valence-corrected chi connectivity index (χ3v) is 3.90. The number of benzene rings is 1. The number of methoxy groups -OCH3 is 1. The molecular weight excluding hydrogens is 328 g/mol. The summed E-state index contributed by atoms with van der Waals surface area (Å²) in [6.07, 6.45) is 1.19. The highest BCUT2D eigenvalue weighted by atomic mass is 16.5. The van der Waals surface area contributed by atoms with E-state index in [9.17, 15) is 9.59 Å². The third kappa shape index (κ3) is 5.09. The molecule has 0 spiro atoms. The van der Waals surface area contributed by atoms with E-state index in [1.807, 2.05) is 6.07 Å². The Hall–Kier alpha value is -2.79. The zero-order valence-corrected chi connectivity index (χ0v) is 13.9. The van der Waals surface area contributed by atoms with Gasteiger partial charge in [-0.1, -0.05) is 0 Å². The van der Waals surface area contributed by atoms with Gasteiger partial charge in [-0.15, -0.1) is 0 Å². The summed E-state index contributed by atoms with van der Waals surface area (Å²) in [6, 6.07) is 6.41. The molecule has 1 aliphatic rings. The van der Waals surface area contributed by atoms with E-state index in [2.05, 4.69) is 0 Å². The predicted molar refractivity (Wildman–Crippen MR) is 86.4 cm³/mol. The summed E-state index contributed by atoms with van der Waals surface area (Å²) in [6.45, 7) is 0.307. The zero-order chi connectivity index (χ0) is 18.2. The molecule has 1 fully saturated rings. The summed E-state index contributed by atoms with van der Waals surface area (Å²) in [5, 5.41) is 18.0. The van der Waals surface area contributed by atoms with E-state index >= 15 is 0 Å². The van der Waals surface area contributed by atoms with Crippen LogP contribution in [-0.2, 0) is 14.3 Å². The molecule has 0 bridgehead atoms. The minimum absolute atomic E-state index is 0.177. The monoisotopic (exact) mass is 348 g/mol. The van der Waals surface area contributed by atoms with Gasteiger partial charge in [0, 0.05) is 25.3 Å². The lowest BCUT2D eigenvalue weighted by Crippen LogP contribution is -2.47. The molecule has 1 N–H and O–H groups in total. The molecular formula is C17H20N2O6. The van der Waals surface area contributed by atoms with Gasteiger partial charge in [0.2, 0.25) is 0 Å². The Morgan fingerprint density at radius 2 is 2.08 bits per heavy atom. The third-order valence-electron chi connectivity index (χ3n) is 3.90. The lowest BCUT2D eigenvalue weighted by Gasteiger charge is -2.33. The molecule has 134 valence electrons. The van der Waals surface area contributed by atoms with Crippen LogP contribution in [0.3, 0.4) is 0 Å². The number of carbonyl (C=O) groups is 2. The zero-order valence-electron chi connectivity index (χ0n) is 13.9. The van der Waals surface area contributed by atoms with Crippen molar-refractivity contribution in [2.24, 2.45) is 0 Å². The molecule has 25 heavy (non-hydrogen) atoms. The van der Waals surface area contributed by atoms with Crippen molar-refractivity contribution in [3.8, 4) is 17.6 Å². The van der Waals surface area contributed by atoms with Gasteiger partial charge in [-0.05, 0) is 25.0 Å². The molecule has 1 heterocycles. The first-order valence-electron chi connectivity index (χ1n) is 7.85. The minimum Gasteiger partial charge on any atom is -0.493 e. The first-order valence-corrected chi connectivity index (χ1v) is 7.85. The van der Waals surface area contributed by atoms with Crippen LogP contribution in [0.5, 0.6) is 11.5 Å². The predicted octanol–water partition coefficient (Wildman–Crippen LogP) is 1.04. The van der Waals surface area contributed by atoms with Crippen LogP contribution in [-0.4, -0.2) is 61.4 Å². The van der Waals surface area contributed by atoms with Crippen molar-refractivity contribution in [2.45, 2.75) is 18.9 Å². The number of hydrogen-bond donors (Lipinski definition) is 1. The summed E-state index contributed by atoms with van der Waals surface area (Å²) >= 11 is 0. The van der Waals surface area contributed by atoms with Gasteiger partial charge in [0.15, 0.2) is 18.1 Å². The SMILES string of the molecule is COc1cc(C#N)ccc1OCC(=O)N(CC(=O)O)C1CCOCC1. The molecule has 8 nitrogen and oxygen atoms in total. The van der Waals surface area contributed by atoms with Gasteiger partial charge in [0.1, 0.15) is 6.54 Å². The van der Waals surface area contributed by atoms with Crippen molar-refractivity contribution in [2.75, 3.05) is 33.5 Å². The van der Waals surface area contributed by atoms with Crippen molar-refractivity contribution in [3.05, 3.63) is 23.8 Å². The molecule has 1 aromatic carbocycles. The largest absolute Gasteiger partial charge is 0.493 e. The van der Waals surface area contributed by atoms with Crippen LogP contribution in [0.25, 0.3) is 0 Å². The van der Waals surface area contributed by atoms with Gasteiger partial charge < -0.3 is 24.2 Å². The second kappa shape index (κ2) is 8.89. The van der Waals surface area contributed by atoms with E-state index in [-0.39, 0.29) is 19.2 Å². The summed E-state index contributed by atoms with van der Waals surface area (Å²) < 4.78 is 15.9. The van der Waals surface area contributed by atoms with Gasteiger partial charge >= 0.3 is 5.97 Å². The molecule has 8 heteroatoms. The quantitative estimate of drug-likeness (QED) is 0.784. The number of aliphatic carboxylic acids is 1.